The Labute approximate surface area is 187 Å². The van der Waals surface area contributed by atoms with Gasteiger partial charge in [0.25, 0.3) is 5.60 Å². The fourth-order valence-electron chi connectivity index (χ4n) is 5.14. The number of aliphatic hydroxyl groups is 2. The molecule has 0 saturated heterocycles. The molecular formula is C24H25F6NO2. The lowest BCUT2D eigenvalue weighted by molar-refractivity contribution is -0.376. The zero-order valence-corrected chi connectivity index (χ0v) is 17.9. The molecule has 1 heterocycles. The Bertz CT molecular complexity index is 992. The van der Waals surface area contributed by atoms with Crippen molar-refractivity contribution in [3.05, 3.63) is 65.2 Å². The average Bonchev–Trinajstić information content (AvgIpc) is 3.48. The van der Waals surface area contributed by atoms with Crippen LogP contribution in [-0.4, -0.2) is 35.3 Å². The molecule has 1 unspecified atom stereocenters. The van der Waals surface area contributed by atoms with Crippen molar-refractivity contribution in [2.75, 3.05) is 11.4 Å². The predicted octanol–water partition coefficient (Wildman–Crippen LogP) is 5.44. The van der Waals surface area contributed by atoms with Crippen molar-refractivity contribution >= 4 is 5.69 Å². The summed E-state index contributed by atoms with van der Waals surface area (Å²) in [5.41, 5.74) is -5.23. The standard InChI is InChI=1S/C24H25F6NO2/c1-15-14-21(15,17-8-3-2-4-9-17)20(32)31-12-6-5-7-16-13-18(10-11-19(16)31)22(33,23(25,26)27)24(28,29)30/h2-4,8-11,13,15,20,32-33H,5-7,12,14H2,1H3/t15-,20?,21-/m1/s1. The van der Waals surface area contributed by atoms with Crippen LogP contribution in [0.25, 0.3) is 0 Å². The van der Waals surface area contributed by atoms with E-state index in [0.717, 1.165) is 17.7 Å². The molecule has 1 fully saturated rings. The molecule has 180 valence electrons. The zero-order valence-electron chi connectivity index (χ0n) is 17.9. The summed E-state index contributed by atoms with van der Waals surface area (Å²) in [5, 5.41) is 21.3. The van der Waals surface area contributed by atoms with Crippen LogP contribution in [0.1, 0.15) is 42.9 Å². The molecule has 1 aliphatic heterocycles. The Hall–Kier alpha value is -2.26. The molecule has 3 nitrogen and oxygen atoms in total. The van der Waals surface area contributed by atoms with Crippen molar-refractivity contribution in [1.82, 2.24) is 0 Å². The van der Waals surface area contributed by atoms with E-state index in [4.69, 9.17) is 0 Å². The smallest absolute Gasteiger partial charge is 0.373 e. The number of hydrogen-bond acceptors (Lipinski definition) is 3. The molecule has 0 amide bonds. The van der Waals surface area contributed by atoms with Crippen molar-refractivity contribution in [3.8, 4) is 0 Å². The van der Waals surface area contributed by atoms with Gasteiger partial charge in [0.05, 0.1) is 0 Å². The largest absolute Gasteiger partial charge is 0.430 e. The summed E-state index contributed by atoms with van der Waals surface area (Å²) in [6.45, 7) is 2.42. The molecule has 33 heavy (non-hydrogen) atoms. The van der Waals surface area contributed by atoms with Gasteiger partial charge < -0.3 is 15.1 Å². The van der Waals surface area contributed by atoms with Crippen LogP contribution in [0.4, 0.5) is 32.0 Å². The maximum absolute atomic E-state index is 13.4. The lowest BCUT2D eigenvalue weighted by Crippen LogP contribution is -2.54. The molecular weight excluding hydrogens is 448 g/mol. The van der Waals surface area contributed by atoms with E-state index in [1.807, 2.05) is 37.3 Å². The number of hydrogen-bond donors (Lipinski definition) is 2. The molecule has 0 bridgehead atoms. The molecule has 4 rings (SSSR count). The van der Waals surface area contributed by atoms with E-state index in [9.17, 15) is 36.6 Å². The average molecular weight is 473 g/mol. The van der Waals surface area contributed by atoms with E-state index in [-0.39, 0.29) is 17.9 Å². The van der Waals surface area contributed by atoms with Crippen molar-refractivity contribution in [2.45, 2.75) is 62.2 Å². The second-order valence-electron chi connectivity index (χ2n) is 9.09. The molecule has 2 N–H and O–H groups in total. The van der Waals surface area contributed by atoms with Crippen molar-refractivity contribution < 1.29 is 36.6 Å². The van der Waals surface area contributed by atoms with Gasteiger partial charge in [0.15, 0.2) is 0 Å². The van der Waals surface area contributed by atoms with Crippen LogP contribution in [0.5, 0.6) is 0 Å². The number of aliphatic hydroxyl groups excluding tert-OH is 1. The van der Waals surface area contributed by atoms with Crippen LogP contribution in [-0.2, 0) is 17.4 Å². The maximum Gasteiger partial charge on any atom is 0.430 e. The highest BCUT2D eigenvalue weighted by Crippen LogP contribution is 2.58. The molecule has 2 aromatic carbocycles. The number of fused-ring (bicyclic) bond motifs is 1. The van der Waals surface area contributed by atoms with Crippen molar-refractivity contribution in [3.63, 3.8) is 0 Å². The third-order valence-corrected chi connectivity index (χ3v) is 7.15. The summed E-state index contributed by atoms with van der Waals surface area (Å²) in [6, 6.07) is 12.0. The molecule has 1 saturated carbocycles. The van der Waals surface area contributed by atoms with Crippen LogP contribution in [0.15, 0.2) is 48.5 Å². The summed E-state index contributed by atoms with van der Waals surface area (Å²) in [4.78, 5) is 1.68. The fourth-order valence-corrected chi connectivity index (χ4v) is 5.14. The maximum atomic E-state index is 13.4. The molecule has 0 aromatic heterocycles. The Morgan fingerprint density at radius 3 is 2.12 bits per heavy atom. The van der Waals surface area contributed by atoms with Gasteiger partial charge in [-0.25, -0.2) is 0 Å². The third kappa shape index (κ3) is 3.69. The molecule has 0 spiro atoms. The summed E-state index contributed by atoms with van der Waals surface area (Å²) < 4.78 is 80.3. The van der Waals surface area contributed by atoms with Gasteiger partial charge in [-0.1, -0.05) is 49.4 Å². The van der Waals surface area contributed by atoms with Gasteiger partial charge >= 0.3 is 12.4 Å². The quantitative estimate of drug-likeness (QED) is 0.582. The Kier molecular flexibility index (Phi) is 5.72. The number of anilines is 1. The van der Waals surface area contributed by atoms with Gasteiger partial charge in [-0.2, -0.15) is 26.3 Å². The lowest BCUT2D eigenvalue weighted by Gasteiger charge is -2.37. The summed E-state index contributed by atoms with van der Waals surface area (Å²) in [7, 11) is 0. The molecule has 2 aliphatic rings. The van der Waals surface area contributed by atoms with Crippen LogP contribution in [0.3, 0.4) is 0 Å². The van der Waals surface area contributed by atoms with E-state index >= 15 is 0 Å². The van der Waals surface area contributed by atoms with Gasteiger partial charge in [-0.05, 0) is 48.8 Å². The first-order valence-corrected chi connectivity index (χ1v) is 10.8. The van der Waals surface area contributed by atoms with Crippen LogP contribution < -0.4 is 4.90 Å². The molecule has 9 heteroatoms. The van der Waals surface area contributed by atoms with E-state index < -0.39 is 35.2 Å². The number of alkyl halides is 6. The highest BCUT2D eigenvalue weighted by atomic mass is 19.4. The van der Waals surface area contributed by atoms with Crippen molar-refractivity contribution in [2.24, 2.45) is 5.92 Å². The minimum atomic E-state index is -5.94. The Morgan fingerprint density at radius 1 is 0.970 bits per heavy atom. The topological polar surface area (TPSA) is 43.7 Å². The van der Waals surface area contributed by atoms with Gasteiger partial charge in [-0.15, -0.1) is 0 Å². The third-order valence-electron chi connectivity index (χ3n) is 7.15. The van der Waals surface area contributed by atoms with Gasteiger partial charge in [0, 0.05) is 23.2 Å². The van der Waals surface area contributed by atoms with Crippen molar-refractivity contribution in [1.29, 1.82) is 0 Å². The summed E-state index contributed by atoms with van der Waals surface area (Å²) in [5.74, 6) is 0.154. The normalized spacial score (nSPS) is 24.8. The Balaban J connectivity index is 1.77. The lowest BCUT2D eigenvalue weighted by atomic mass is 9.88. The highest BCUT2D eigenvalue weighted by Gasteiger charge is 2.71. The molecule has 0 radical (unpaired) electrons. The van der Waals surface area contributed by atoms with E-state index in [1.165, 1.54) is 0 Å². The Morgan fingerprint density at radius 2 is 1.58 bits per heavy atom. The zero-order chi connectivity index (χ0) is 24.2. The van der Waals surface area contributed by atoms with Gasteiger partial charge in [0.1, 0.15) is 6.23 Å². The molecule has 2 aromatic rings. The number of benzene rings is 2. The number of rotatable bonds is 4. The SMILES string of the molecule is C[C@@H]1C[C@@]1(c1ccccc1)C(O)N1CCCCc2cc(C(O)(C(F)(F)F)C(F)(F)F)ccc21. The monoisotopic (exact) mass is 473 g/mol. The molecule has 3 atom stereocenters. The van der Waals surface area contributed by atoms with E-state index in [1.54, 1.807) is 4.90 Å². The fraction of sp³-hybridized carbons (Fsp3) is 0.500. The van der Waals surface area contributed by atoms with Gasteiger partial charge in [0.2, 0.25) is 0 Å². The summed E-state index contributed by atoms with van der Waals surface area (Å²) >= 11 is 0. The van der Waals surface area contributed by atoms with E-state index in [2.05, 4.69) is 0 Å². The second kappa shape index (κ2) is 7.91. The minimum absolute atomic E-state index is 0.154. The minimum Gasteiger partial charge on any atom is -0.373 e. The number of nitrogens with zero attached hydrogens (tertiary/aromatic N) is 1. The first kappa shape index (κ1) is 23.9. The predicted molar refractivity (Wildman–Crippen MR) is 111 cm³/mol. The highest BCUT2D eigenvalue weighted by molar-refractivity contribution is 5.59. The van der Waals surface area contributed by atoms with Crippen LogP contribution in [0.2, 0.25) is 0 Å². The summed E-state index contributed by atoms with van der Waals surface area (Å²) in [6.07, 6.45) is -10.8. The molecule has 1 aliphatic carbocycles. The first-order valence-electron chi connectivity index (χ1n) is 10.8. The number of aryl methyl sites for hydroxylation is 1. The van der Waals surface area contributed by atoms with Crippen LogP contribution in [0, 0.1) is 5.92 Å². The second-order valence-corrected chi connectivity index (χ2v) is 9.09. The first-order chi connectivity index (χ1) is 15.3. The van der Waals surface area contributed by atoms with E-state index in [0.29, 0.717) is 37.6 Å². The number of halogens is 6. The van der Waals surface area contributed by atoms with Gasteiger partial charge in [-0.3, -0.25) is 0 Å². The van der Waals surface area contributed by atoms with Crippen LogP contribution >= 0.6 is 0 Å².